The molecule has 0 spiro atoms. The van der Waals surface area contributed by atoms with Gasteiger partial charge in [0.2, 0.25) is 0 Å². The van der Waals surface area contributed by atoms with E-state index in [0.717, 1.165) is 45.7 Å². The van der Waals surface area contributed by atoms with Gasteiger partial charge in [-0.15, -0.1) is 0 Å². The average Bonchev–Trinajstić information content (AvgIpc) is 2.86. The Morgan fingerprint density at radius 3 is 2.89 bits per heavy atom. The van der Waals surface area contributed by atoms with Crippen molar-refractivity contribution in [2.45, 2.75) is 51.6 Å². The van der Waals surface area contributed by atoms with Crippen molar-refractivity contribution in [1.29, 1.82) is 0 Å². The molecule has 2 rings (SSSR count). The van der Waals surface area contributed by atoms with Gasteiger partial charge in [-0.05, 0) is 25.8 Å². The number of piperidine rings is 1. The Hall–Kier alpha value is -0.160. The molecule has 2 atom stereocenters. The van der Waals surface area contributed by atoms with Crippen LogP contribution in [0.25, 0.3) is 0 Å². The zero-order valence-electron chi connectivity index (χ0n) is 12.5. The monoisotopic (exact) mass is 270 g/mol. The van der Waals surface area contributed by atoms with Gasteiger partial charge in [-0.25, -0.2) is 0 Å². The molecule has 4 nitrogen and oxygen atoms in total. The first-order chi connectivity index (χ1) is 9.15. The lowest BCUT2D eigenvalue weighted by atomic mass is 9.85. The fourth-order valence-electron chi connectivity index (χ4n) is 3.30. The summed E-state index contributed by atoms with van der Waals surface area (Å²) in [5, 5.41) is 13.1. The lowest BCUT2D eigenvalue weighted by Crippen LogP contribution is -2.51. The van der Waals surface area contributed by atoms with Gasteiger partial charge in [-0.2, -0.15) is 0 Å². The number of rotatable bonds is 6. The second-order valence-electron chi connectivity index (χ2n) is 6.64. The van der Waals surface area contributed by atoms with E-state index in [4.69, 9.17) is 4.74 Å². The predicted octanol–water partition coefficient (Wildman–Crippen LogP) is 1.24. The Balaban J connectivity index is 1.94. The number of ether oxygens (including phenoxy) is 1. The van der Waals surface area contributed by atoms with E-state index < -0.39 is 0 Å². The first kappa shape index (κ1) is 15.2. The summed E-state index contributed by atoms with van der Waals surface area (Å²) in [5.41, 5.74) is 0.245. The normalized spacial score (nSPS) is 33.2. The molecule has 0 saturated carbocycles. The predicted molar refractivity (Wildman–Crippen MR) is 77.3 cm³/mol. The van der Waals surface area contributed by atoms with Crippen LogP contribution in [0.4, 0.5) is 0 Å². The minimum atomic E-state index is 0.245. The number of nitrogens with one attached hydrogen (secondary N) is 1. The molecule has 2 aliphatic heterocycles. The summed E-state index contributed by atoms with van der Waals surface area (Å²) in [6.45, 7) is 9.67. The fraction of sp³-hybridized carbons (Fsp3) is 1.00. The number of hydrogen-bond acceptors (Lipinski definition) is 4. The molecule has 2 aliphatic rings. The first-order valence-electron chi connectivity index (χ1n) is 7.81. The molecule has 0 aromatic rings. The molecular formula is C15H30N2O2. The topological polar surface area (TPSA) is 44.7 Å². The Kier molecular flexibility index (Phi) is 5.63. The van der Waals surface area contributed by atoms with Crippen LogP contribution in [-0.4, -0.2) is 61.5 Å². The van der Waals surface area contributed by atoms with Gasteiger partial charge >= 0.3 is 0 Å². The Bertz CT molecular complexity index is 265. The molecule has 2 N–H and O–H groups in total. The van der Waals surface area contributed by atoms with Crippen LogP contribution in [0.1, 0.15) is 39.5 Å². The van der Waals surface area contributed by atoms with Gasteiger partial charge in [0.05, 0.1) is 13.2 Å². The van der Waals surface area contributed by atoms with Crippen LogP contribution in [0.15, 0.2) is 0 Å². The smallest absolute Gasteiger partial charge is 0.0586 e. The summed E-state index contributed by atoms with van der Waals surface area (Å²) in [6, 6.07) is 0.887. The molecule has 2 fully saturated rings. The average molecular weight is 270 g/mol. The van der Waals surface area contributed by atoms with Gasteiger partial charge in [-0.1, -0.05) is 20.3 Å². The first-order valence-corrected chi connectivity index (χ1v) is 7.81. The number of aliphatic hydroxyl groups excluding tert-OH is 1. The summed E-state index contributed by atoms with van der Waals surface area (Å²) < 4.78 is 5.67. The lowest BCUT2D eigenvalue weighted by molar-refractivity contribution is 0.0395. The van der Waals surface area contributed by atoms with E-state index in [-0.39, 0.29) is 5.41 Å². The third-order valence-electron chi connectivity index (χ3n) is 4.57. The highest BCUT2D eigenvalue weighted by atomic mass is 16.5. The molecule has 19 heavy (non-hydrogen) atoms. The van der Waals surface area contributed by atoms with Crippen molar-refractivity contribution in [1.82, 2.24) is 10.2 Å². The van der Waals surface area contributed by atoms with Crippen molar-refractivity contribution in [2.75, 3.05) is 39.5 Å². The Labute approximate surface area is 117 Å². The van der Waals surface area contributed by atoms with Gasteiger partial charge in [0.1, 0.15) is 0 Å². The van der Waals surface area contributed by atoms with E-state index in [1.165, 1.54) is 12.8 Å². The third kappa shape index (κ3) is 4.15. The van der Waals surface area contributed by atoms with Crippen LogP contribution >= 0.6 is 0 Å². The summed E-state index contributed by atoms with van der Waals surface area (Å²) >= 11 is 0. The second-order valence-corrected chi connectivity index (χ2v) is 6.64. The highest BCUT2D eigenvalue weighted by molar-refractivity contribution is 4.91. The molecular weight excluding hydrogens is 240 g/mol. The van der Waals surface area contributed by atoms with Crippen LogP contribution in [0.2, 0.25) is 0 Å². The van der Waals surface area contributed by atoms with E-state index in [1.54, 1.807) is 0 Å². The molecule has 0 bridgehead atoms. The van der Waals surface area contributed by atoms with Crippen molar-refractivity contribution in [3.05, 3.63) is 0 Å². The van der Waals surface area contributed by atoms with Crippen molar-refractivity contribution < 1.29 is 9.84 Å². The summed E-state index contributed by atoms with van der Waals surface area (Å²) in [7, 11) is 0. The van der Waals surface area contributed by atoms with Gasteiger partial charge in [-0.3, -0.25) is 4.90 Å². The molecule has 0 aromatic carbocycles. The minimum Gasteiger partial charge on any atom is -0.395 e. The fourth-order valence-corrected chi connectivity index (χ4v) is 3.30. The number of aliphatic hydroxyl groups is 1. The molecule has 112 valence electrons. The molecule has 0 amide bonds. The maximum atomic E-state index is 9.55. The largest absolute Gasteiger partial charge is 0.395 e. The van der Waals surface area contributed by atoms with Crippen LogP contribution in [0.3, 0.4) is 0 Å². The molecule has 2 saturated heterocycles. The highest BCUT2D eigenvalue weighted by Crippen LogP contribution is 2.31. The molecule has 2 unspecified atom stereocenters. The van der Waals surface area contributed by atoms with E-state index in [1.807, 2.05) is 0 Å². The van der Waals surface area contributed by atoms with Crippen molar-refractivity contribution in [3.63, 3.8) is 0 Å². The van der Waals surface area contributed by atoms with E-state index in [9.17, 15) is 5.11 Å². The summed E-state index contributed by atoms with van der Waals surface area (Å²) in [5.74, 6) is 0. The van der Waals surface area contributed by atoms with Crippen molar-refractivity contribution in [3.8, 4) is 0 Å². The zero-order chi connectivity index (χ0) is 13.7. The molecule has 0 aromatic heterocycles. The standard InChI is InChI=1S/C15H30N2O2/c1-13(2)16-10-15(6-8-19-12-15)11-17-7-4-3-5-14(17)9-18/h13-14,16,18H,3-12H2,1-2H3. The summed E-state index contributed by atoms with van der Waals surface area (Å²) in [6.07, 6.45) is 4.81. The highest BCUT2D eigenvalue weighted by Gasteiger charge is 2.38. The Morgan fingerprint density at radius 2 is 2.26 bits per heavy atom. The van der Waals surface area contributed by atoms with Crippen LogP contribution in [0, 0.1) is 5.41 Å². The van der Waals surface area contributed by atoms with Crippen LogP contribution in [0.5, 0.6) is 0 Å². The third-order valence-corrected chi connectivity index (χ3v) is 4.57. The van der Waals surface area contributed by atoms with Gasteiger partial charge in [0, 0.05) is 37.2 Å². The zero-order valence-corrected chi connectivity index (χ0v) is 12.5. The van der Waals surface area contributed by atoms with E-state index >= 15 is 0 Å². The maximum absolute atomic E-state index is 9.55. The van der Waals surface area contributed by atoms with E-state index in [0.29, 0.717) is 18.7 Å². The molecule has 2 heterocycles. The van der Waals surface area contributed by atoms with Gasteiger partial charge in [0.15, 0.2) is 0 Å². The van der Waals surface area contributed by atoms with Gasteiger partial charge < -0.3 is 15.2 Å². The molecule has 0 aliphatic carbocycles. The minimum absolute atomic E-state index is 0.245. The Morgan fingerprint density at radius 1 is 1.42 bits per heavy atom. The van der Waals surface area contributed by atoms with Crippen LogP contribution in [-0.2, 0) is 4.74 Å². The molecule has 0 radical (unpaired) electrons. The van der Waals surface area contributed by atoms with Crippen molar-refractivity contribution in [2.24, 2.45) is 5.41 Å². The molecule has 4 heteroatoms. The van der Waals surface area contributed by atoms with Crippen molar-refractivity contribution >= 4 is 0 Å². The van der Waals surface area contributed by atoms with E-state index in [2.05, 4.69) is 24.1 Å². The van der Waals surface area contributed by atoms with Crippen LogP contribution < -0.4 is 5.32 Å². The van der Waals surface area contributed by atoms with Gasteiger partial charge in [0.25, 0.3) is 0 Å². The number of hydrogen-bond donors (Lipinski definition) is 2. The quantitative estimate of drug-likeness (QED) is 0.762. The number of likely N-dealkylation sites (tertiary alicyclic amines) is 1. The summed E-state index contributed by atoms with van der Waals surface area (Å²) in [4.78, 5) is 2.50. The SMILES string of the molecule is CC(C)NCC1(CN2CCCCC2CO)CCOC1. The maximum Gasteiger partial charge on any atom is 0.0586 e. The lowest BCUT2D eigenvalue weighted by Gasteiger charge is -2.41. The second kappa shape index (κ2) is 7.02. The number of nitrogens with zero attached hydrogens (tertiary/aromatic N) is 1.